The number of nitrogens with zero attached hydrogens (tertiary/aromatic N) is 2. The molecule has 18 heavy (non-hydrogen) atoms. The van der Waals surface area contributed by atoms with Gasteiger partial charge in [0.15, 0.2) is 0 Å². The predicted octanol–water partition coefficient (Wildman–Crippen LogP) is 3.25. The smallest absolute Gasteiger partial charge is 0.254 e. The monoisotopic (exact) mass is 277 g/mol. The standard InChI is InChI=1S/C10H7F4N3S/c11-7-4-2-1-3-6(7)5-18-9-15-8(16-17-9)10(12,13)14/h1-4H,5H2,(H,15,16,17). The molecule has 0 aliphatic heterocycles. The van der Waals surface area contributed by atoms with E-state index in [1.807, 2.05) is 0 Å². The van der Waals surface area contributed by atoms with Crippen molar-refractivity contribution < 1.29 is 17.6 Å². The van der Waals surface area contributed by atoms with E-state index in [1.54, 1.807) is 17.2 Å². The van der Waals surface area contributed by atoms with Crippen LogP contribution in [0, 0.1) is 5.82 Å². The van der Waals surface area contributed by atoms with Crippen molar-refractivity contribution in [2.75, 3.05) is 0 Å². The first kappa shape index (κ1) is 12.9. The van der Waals surface area contributed by atoms with E-state index in [4.69, 9.17) is 0 Å². The summed E-state index contributed by atoms with van der Waals surface area (Å²) in [5.41, 5.74) is 0.390. The molecule has 1 N–H and O–H groups in total. The summed E-state index contributed by atoms with van der Waals surface area (Å²) in [7, 11) is 0. The Hall–Kier alpha value is -1.57. The number of hydrogen-bond donors (Lipinski definition) is 1. The van der Waals surface area contributed by atoms with Crippen LogP contribution in [-0.4, -0.2) is 15.2 Å². The Kier molecular flexibility index (Phi) is 3.55. The first-order valence-corrected chi connectivity index (χ1v) is 5.81. The fraction of sp³-hybridized carbons (Fsp3) is 0.200. The highest BCUT2D eigenvalue weighted by Crippen LogP contribution is 2.28. The van der Waals surface area contributed by atoms with E-state index in [-0.39, 0.29) is 10.9 Å². The van der Waals surface area contributed by atoms with E-state index >= 15 is 0 Å². The van der Waals surface area contributed by atoms with E-state index in [0.717, 1.165) is 11.8 Å². The van der Waals surface area contributed by atoms with Crippen molar-refractivity contribution in [3.63, 3.8) is 0 Å². The Morgan fingerprint density at radius 3 is 2.56 bits per heavy atom. The van der Waals surface area contributed by atoms with Gasteiger partial charge >= 0.3 is 6.18 Å². The van der Waals surface area contributed by atoms with Gasteiger partial charge in [0.2, 0.25) is 11.0 Å². The summed E-state index contributed by atoms with van der Waals surface area (Å²) in [5, 5.41) is 5.14. The summed E-state index contributed by atoms with van der Waals surface area (Å²) in [6, 6.07) is 6.03. The molecule has 0 aliphatic carbocycles. The molecule has 0 unspecified atom stereocenters. The van der Waals surface area contributed by atoms with Crippen molar-refractivity contribution in [2.45, 2.75) is 17.1 Å². The molecule has 0 radical (unpaired) electrons. The van der Waals surface area contributed by atoms with Crippen LogP contribution in [0.1, 0.15) is 11.4 Å². The summed E-state index contributed by atoms with van der Waals surface area (Å²) in [5.74, 6) is -1.39. The molecule has 1 aromatic carbocycles. The number of aromatic amines is 1. The van der Waals surface area contributed by atoms with Crippen molar-refractivity contribution in [3.05, 3.63) is 41.5 Å². The number of alkyl halides is 3. The van der Waals surface area contributed by atoms with Crippen molar-refractivity contribution in [1.82, 2.24) is 15.2 Å². The van der Waals surface area contributed by atoms with Crippen LogP contribution < -0.4 is 0 Å². The lowest BCUT2D eigenvalue weighted by atomic mass is 10.2. The molecule has 2 rings (SSSR count). The van der Waals surface area contributed by atoms with Gasteiger partial charge in [0.1, 0.15) is 5.82 Å². The van der Waals surface area contributed by atoms with Gasteiger partial charge in [0.05, 0.1) is 0 Å². The average molecular weight is 277 g/mol. The Balaban J connectivity index is 2.03. The second-order valence-electron chi connectivity index (χ2n) is 3.34. The van der Waals surface area contributed by atoms with Crippen molar-refractivity contribution in [3.8, 4) is 0 Å². The van der Waals surface area contributed by atoms with Gasteiger partial charge < -0.3 is 0 Å². The molecule has 0 atom stereocenters. The number of halogens is 4. The van der Waals surface area contributed by atoms with Crippen molar-refractivity contribution in [2.24, 2.45) is 0 Å². The molecule has 0 spiro atoms. The highest BCUT2D eigenvalue weighted by atomic mass is 32.2. The van der Waals surface area contributed by atoms with Crippen molar-refractivity contribution in [1.29, 1.82) is 0 Å². The van der Waals surface area contributed by atoms with E-state index in [2.05, 4.69) is 10.1 Å². The SMILES string of the molecule is Fc1ccccc1CSc1n[nH]c(C(F)(F)F)n1. The van der Waals surface area contributed by atoms with Gasteiger partial charge in [-0.15, -0.1) is 5.10 Å². The minimum Gasteiger partial charge on any atom is -0.254 e. The van der Waals surface area contributed by atoms with Crippen LogP contribution >= 0.6 is 11.8 Å². The van der Waals surface area contributed by atoms with Gasteiger partial charge in [0, 0.05) is 5.75 Å². The van der Waals surface area contributed by atoms with E-state index < -0.39 is 17.8 Å². The molecule has 96 valence electrons. The Morgan fingerprint density at radius 2 is 1.94 bits per heavy atom. The third kappa shape index (κ3) is 3.00. The summed E-state index contributed by atoms with van der Waals surface area (Å²) in [6.45, 7) is 0. The number of benzene rings is 1. The predicted molar refractivity (Wildman–Crippen MR) is 57.3 cm³/mol. The van der Waals surface area contributed by atoms with Crippen molar-refractivity contribution >= 4 is 11.8 Å². The van der Waals surface area contributed by atoms with Gasteiger partial charge in [-0.25, -0.2) is 4.39 Å². The summed E-state index contributed by atoms with van der Waals surface area (Å²) in [4.78, 5) is 3.28. The topological polar surface area (TPSA) is 41.6 Å². The molecular weight excluding hydrogens is 270 g/mol. The van der Waals surface area contributed by atoms with Crippen LogP contribution in [0.2, 0.25) is 0 Å². The second kappa shape index (κ2) is 4.97. The average Bonchev–Trinajstić information content (AvgIpc) is 2.76. The molecule has 0 saturated heterocycles. The Labute approximate surface area is 104 Å². The number of nitrogens with one attached hydrogen (secondary N) is 1. The zero-order valence-corrected chi connectivity index (χ0v) is 9.65. The van der Waals surface area contributed by atoms with Gasteiger partial charge in [-0.1, -0.05) is 30.0 Å². The normalized spacial score (nSPS) is 11.8. The third-order valence-corrected chi connectivity index (χ3v) is 2.94. The van der Waals surface area contributed by atoms with Crippen LogP contribution in [0.3, 0.4) is 0 Å². The van der Waals surface area contributed by atoms with E-state index in [1.165, 1.54) is 12.1 Å². The maximum atomic E-state index is 13.2. The third-order valence-electron chi connectivity index (χ3n) is 2.05. The number of aromatic nitrogens is 3. The molecule has 0 amide bonds. The fourth-order valence-corrected chi connectivity index (χ4v) is 1.98. The molecular formula is C10H7F4N3S. The lowest BCUT2D eigenvalue weighted by Crippen LogP contribution is -2.07. The first-order chi connectivity index (χ1) is 8.47. The van der Waals surface area contributed by atoms with Gasteiger partial charge in [0.25, 0.3) is 0 Å². The highest BCUT2D eigenvalue weighted by molar-refractivity contribution is 7.98. The lowest BCUT2D eigenvalue weighted by Gasteiger charge is -2.00. The number of rotatable bonds is 3. The quantitative estimate of drug-likeness (QED) is 0.691. The maximum Gasteiger partial charge on any atom is 0.451 e. The zero-order chi connectivity index (χ0) is 13.2. The van der Waals surface area contributed by atoms with Crippen LogP contribution in [-0.2, 0) is 11.9 Å². The van der Waals surface area contributed by atoms with Crippen LogP contribution in [0.5, 0.6) is 0 Å². The molecule has 3 nitrogen and oxygen atoms in total. The summed E-state index contributed by atoms with van der Waals surface area (Å²) < 4.78 is 49.9. The molecule has 1 heterocycles. The van der Waals surface area contributed by atoms with E-state index in [9.17, 15) is 17.6 Å². The second-order valence-corrected chi connectivity index (χ2v) is 4.29. The minimum absolute atomic E-state index is 0.0643. The molecule has 0 bridgehead atoms. The van der Waals surface area contributed by atoms with E-state index in [0.29, 0.717) is 5.56 Å². The minimum atomic E-state index is -4.55. The van der Waals surface area contributed by atoms with Crippen LogP contribution in [0.15, 0.2) is 29.4 Å². The molecule has 0 aliphatic rings. The first-order valence-electron chi connectivity index (χ1n) is 4.82. The van der Waals surface area contributed by atoms with Crippen LogP contribution in [0.25, 0.3) is 0 Å². The fourth-order valence-electron chi connectivity index (χ4n) is 1.20. The molecule has 2 aromatic rings. The number of hydrogen-bond acceptors (Lipinski definition) is 3. The van der Waals surface area contributed by atoms with Crippen LogP contribution in [0.4, 0.5) is 17.6 Å². The lowest BCUT2D eigenvalue weighted by molar-refractivity contribution is -0.144. The zero-order valence-electron chi connectivity index (χ0n) is 8.83. The molecule has 0 saturated carbocycles. The molecule has 0 fully saturated rings. The largest absolute Gasteiger partial charge is 0.451 e. The summed E-state index contributed by atoms with van der Waals surface area (Å²) in [6.07, 6.45) is -4.55. The molecule has 1 aromatic heterocycles. The van der Waals surface area contributed by atoms with Gasteiger partial charge in [-0.2, -0.15) is 18.2 Å². The van der Waals surface area contributed by atoms with Gasteiger partial charge in [-0.05, 0) is 11.6 Å². The highest BCUT2D eigenvalue weighted by Gasteiger charge is 2.35. The maximum absolute atomic E-state index is 13.2. The number of H-pyrrole nitrogens is 1. The Morgan fingerprint density at radius 1 is 1.22 bits per heavy atom. The Bertz CT molecular complexity index is 538. The molecule has 8 heteroatoms. The van der Waals surface area contributed by atoms with Gasteiger partial charge in [-0.3, -0.25) is 5.10 Å². The number of thioether (sulfide) groups is 1. The summed E-state index contributed by atoms with van der Waals surface area (Å²) >= 11 is 0.931.